The lowest BCUT2D eigenvalue weighted by atomic mass is 10.1. The van der Waals surface area contributed by atoms with E-state index in [0.29, 0.717) is 20.2 Å². The highest BCUT2D eigenvalue weighted by atomic mass is 32.2. The van der Waals surface area contributed by atoms with Crippen molar-refractivity contribution in [3.05, 3.63) is 59.5 Å². The highest BCUT2D eigenvalue weighted by Gasteiger charge is 2.31. The molecule has 30 heavy (non-hydrogen) atoms. The molecule has 0 bridgehead atoms. The number of hydrogen-bond donors (Lipinski definition) is 2. The number of benzene rings is 2. The third kappa shape index (κ3) is 4.79. The van der Waals surface area contributed by atoms with Crippen molar-refractivity contribution in [2.75, 3.05) is 6.26 Å². The summed E-state index contributed by atoms with van der Waals surface area (Å²) in [5.74, 6) is -0.582. The van der Waals surface area contributed by atoms with Crippen molar-refractivity contribution in [3.63, 3.8) is 0 Å². The molecule has 1 heterocycles. The smallest absolute Gasteiger partial charge is 0.406 e. The van der Waals surface area contributed by atoms with Crippen LogP contribution in [0.1, 0.15) is 4.88 Å². The van der Waals surface area contributed by atoms with Gasteiger partial charge in [-0.05, 0) is 47.7 Å². The van der Waals surface area contributed by atoms with Gasteiger partial charge in [0.25, 0.3) is 0 Å². The molecule has 3 N–H and O–H groups in total. The SMILES string of the molecule is CSc1sc(C(=N)N)cc1S(=O)(=O)c1cccc(-c2ccc(OC(F)(F)F)cc2)c1. The quantitative estimate of drug-likeness (QED) is 0.294. The highest BCUT2D eigenvalue weighted by Crippen LogP contribution is 2.37. The van der Waals surface area contributed by atoms with Crippen molar-refractivity contribution in [2.45, 2.75) is 20.4 Å². The summed E-state index contributed by atoms with van der Waals surface area (Å²) in [6.07, 6.45) is -3.06. The first-order valence-corrected chi connectivity index (χ1v) is 11.8. The summed E-state index contributed by atoms with van der Waals surface area (Å²) in [6.45, 7) is 0. The fourth-order valence-electron chi connectivity index (χ4n) is 2.64. The number of sulfone groups is 1. The first kappa shape index (κ1) is 22.2. The van der Waals surface area contributed by atoms with E-state index in [-0.39, 0.29) is 21.4 Å². The molecule has 5 nitrogen and oxygen atoms in total. The number of hydrogen-bond acceptors (Lipinski definition) is 6. The van der Waals surface area contributed by atoms with Crippen LogP contribution in [0.2, 0.25) is 0 Å². The summed E-state index contributed by atoms with van der Waals surface area (Å²) < 4.78 is 67.7. The monoisotopic (exact) mass is 472 g/mol. The van der Waals surface area contributed by atoms with Crippen LogP contribution in [-0.2, 0) is 9.84 Å². The normalized spacial score (nSPS) is 12.0. The van der Waals surface area contributed by atoms with E-state index in [9.17, 15) is 21.6 Å². The fourth-order valence-corrected chi connectivity index (χ4v) is 6.54. The zero-order chi connectivity index (χ0) is 22.1. The van der Waals surface area contributed by atoms with Crippen molar-refractivity contribution in [2.24, 2.45) is 5.73 Å². The van der Waals surface area contributed by atoms with Crippen molar-refractivity contribution in [1.29, 1.82) is 5.41 Å². The van der Waals surface area contributed by atoms with Crippen molar-refractivity contribution in [3.8, 4) is 16.9 Å². The second-order valence-electron chi connectivity index (χ2n) is 5.98. The molecular weight excluding hydrogens is 457 g/mol. The summed E-state index contributed by atoms with van der Waals surface area (Å²) in [6, 6.07) is 12.6. The van der Waals surface area contributed by atoms with Gasteiger partial charge in [-0.3, -0.25) is 5.41 Å². The molecular formula is C19H15F3N2O3S3. The number of thiophene rings is 1. The zero-order valence-corrected chi connectivity index (χ0v) is 17.8. The van der Waals surface area contributed by atoms with Gasteiger partial charge in [0.05, 0.1) is 18.9 Å². The number of nitrogen functional groups attached to an aromatic ring is 1. The molecule has 0 saturated carbocycles. The predicted molar refractivity (Wildman–Crippen MR) is 111 cm³/mol. The highest BCUT2D eigenvalue weighted by molar-refractivity contribution is 8.01. The Bertz CT molecular complexity index is 1190. The Labute approximate surface area is 179 Å². The van der Waals surface area contributed by atoms with Gasteiger partial charge in [0.15, 0.2) is 0 Å². The number of rotatable bonds is 6. The maximum absolute atomic E-state index is 13.2. The number of nitrogens with one attached hydrogen (secondary N) is 1. The minimum absolute atomic E-state index is 0.0267. The van der Waals surface area contributed by atoms with Gasteiger partial charge in [-0.15, -0.1) is 36.3 Å². The summed E-state index contributed by atoms with van der Waals surface area (Å²) in [5, 5.41) is 7.55. The second-order valence-corrected chi connectivity index (χ2v) is 10.0. The van der Waals surface area contributed by atoms with E-state index in [2.05, 4.69) is 4.74 Å². The van der Waals surface area contributed by atoms with Crippen molar-refractivity contribution >= 4 is 38.8 Å². The van der Waals surface area contributed by atoms with Crippen LogP contribution in [0.15, 0.2) is 68.6 Å². The molecule has 3 aromatic rings. The average Bonchev–Trinajstić information content (AvgIpc) is 3.13. The zero-order valence-electron chi connectivity index (χ0n) is 15.4. The number of nitrogens with two attached hydrogens (primary N) is 1. The third-order valence-corrected chi connectivity index (χ3v) is 8.31. The molecule has 0 amide bonds. The largest absolute Gasteiger partial charge is 0.573 e. The molecule has 11 heteroatoms. The maximum atomic E-state index is 13.2. The van der Waals surface area contributed by atoms with Gasteiger partial charge in [0.1, 0.15) is 11.6 Å². The van der Waals surface area contributed by atoms with Gasteiger partial charge in [0.2, 0.25) is 9.84 Å². The number of alkyl halides is 3. The first-order chi connectivity index (χ1) is 14.0. The summed E-state index contributed by atoms with van der Waals surface area (Å²) in [4.78, 5) is 0.449. The van der Waals surface area contributed by atoms with Crippen LogP contribution >= 0.6 is 23.1 Å². The van der Waals surface area contributed by atoms with Gasteiger partial charge in [-0.25, -0.2) is 8.42 Å². The van der Waals surface area contributed by atoms with E-state index in [0.717, 1.165) is 23.5 Å². The van der Waals surface area contributed by atoms with E-state index in [1.54, 1.807) is 18.4 Å². The Morgan fingerprint density at radius 2 is 1.77 bits per heavy atom. The Kier molecular flexibility index (Phi) is 6.16. The van der Waals surface area contributed by atoms with Gasteiger partial charge < -0.3 is 10.5 Å². The number of halogens is 3. The summed E-state index contributed by atoms with van der Waals surface area (Å²) >= 11 is 2.37. The lowest BCUT2D eigenvalue weighted by Crippen LogP contribution is -2.16. The minimum atomic E-state index is -4.79. The molecule has 0 saturated heterocycles. The lowest BCUT2D eigenvalue weighted by molar-refractivity contribution is -0.274. The molecule has 0 unspecified atom stereocenters. The Morgan fingerprint density at radius 3 is 2.33 bits per heavy atom. The second kappa shape index (κ2) is 8.32. The average molecular weight is 473 g/mol. The van der Waals surface area contributed by atoms with Gasteiger partial charge in [0, 0.05) is 0 Å². The molecule has 0 aliphatic heterocycles. The molecule has 1 aromatic heterocycles. The first-order valence-electron chi connectivity index (χ1n) is 8.25. The van der Waals surface area contributed by atoms with Crippen LogP contribution in [0.5, 0.6) is 5.75 Å². The molecule has 158 valence electrons. The molecule has 0 aliphatic rings. The van der Waals surface area contributed by atoms with E-state index in [1.807, 2.05) is 0 Å². The van der Waals surface area contributed by atoms with Crippen LogP contribution in [-0.4, -0.2) is 26.9 Å². The van der Waals surface area contributed by atoms with Crippen LogP contribution in [0.4, 0.5) is 13.2 Å². The van der Waals surface area contributed by atoms with Crippen LogP contribution < -0.4 is 10.5 Å². The van der Waals surface area contributed by atoms with Crippen molar-refractivity contribution in [1.82, 2.24) is 0 Å². The van der Waals surface area contributed by atoms with E-state index in [1.165, 1.54) is 42.1 Å². The van der Waals surface area contributed by atoms with Gasteiger partial charge in [-0.2, -0.15) is 0 Å². The molecule has 0 radical (unpaired) electrons. The summed E-state index contributed by atoms with van der Waals surface area (Å²) in [7, 11) is -3.89. The number of ether oxygens (including phenoxy) is 1. The molecule has 0 fully saturated rings. The number of thioether (sulfide) groups is 1. The van der Waals surface area contributed by atoms with Crippen LogP contribution in [0.25, 0.3) is 11.1 Å². The molecule has 0 atom stereocenters. The van der Waals surface area contributed by atoms with Crippen LogP contribution in [0, 0.1) is 5.41 Å². The van der Waals surface area contributed by atoms with E-state index < -0.39 is 16.2 Å². The van der Waals surface area contributed by atoms with E-state index >= 15 is 0 Å². The van der Waals surface area contributed by atoms with Gasteiger partial charge in [-0.1, -0.05) is 24.3 Å². The van der Waals surface area contributed by atoms with E-state index in [4.69, 9.17) is 11.1 Å². The predicted octanol–water partition coefficient (Wildman–Crippen LogP) is 5.15. The molecule has 0 spiro atoms. The van der Waals surface area contributed by atoms with Crippen LogP contribution in [0.3, 0.4) is 0 Å². The summed E-state index contributed by atoms with van der Waals surface area (Å²) in [5.41, 5.74) is 6.54. The van der Waals surface area contributed by atoms with Crippen molar-refractivity contribution < 1.29 is 26.3 Å². The standard InChI is InChI=1S/C19H15F3N2O3S3/c1-28-18-16(10-15(29-18)17(23)24)30(25,26)14-4-2-3-12(9-14)11-5-7-13(8-6-11)27-19(20,21)22/h2-10H,1H3,(H3,23,24). The topological polar surface area (TPSA) is 93.2 Å². The third-order valence-electron chi connectivity index (χ3n) is 3.97. The Hall–Kier alpha value is -2.50. The maximum Gasteiger partial charge on any atom is 0.573 e. The minimum Gasteiger partial charge on any atom is -0.406 e. The molecule has 2 aromatic carbocycles. The fraction of sp³-hybridized carbons (Fsp3) is 0.105. The molecule has 3 rings (SSSR count). The van der Waals surface area contributed by atoms with Gasteiger partial charge >= 0.3 is 6.36 Å². The molecule has 0 aliphatic carbocycles. The lowest BCUT2D eigenvalue weighted by Gasteiger charge is -2.10. The Balaban J connectivity index is 1.98. The Morgan fingerprint density at radius 1 is 1.10 bits per heavy atom. The number of amidine groups is 1.